The summed E-state index contributed by atoms with van der Waals surface area (Å²) in [6, 6.07) is 7.00. The van der Waals surface area contributed by atoms with Gasteiger partial charge in [0.2, 0.25) is 5.82 Å². The van der Waals surface area contributed by atoms with Gasteiger partial charge in [-0.3, -0.25) is 4.79 Å². The first-order valence-corrected chi connectivity index (χ1v) is 8.72. The first kappa shape index (κ1) is 20.9. The van der Waals surface area contributed by atoms with Gasteiger partial charge in [0.1, 0.15) is 11.8 Å². The van der Waals surface area contributed by atoms with Crippen LogP contribution in [0, 0.1) is 5.82 Å². The fourth-order valence-corrected chi connectivity index (χ4v) is 2.98. The third-order valence-corrected chi connectivity index (χ3v) is 4.47. The molecule has 2 atom stereocenters. The van der Waals surface area contributed by atoms with Crippen LogP contribution in [-0.4, -0.2) is 48.9 Å². The van der Waals surface area contributed by atoms with E-state index >= 15 is 0 Å². The molecule has 12 heteroatoms. The van der Waals surface area contributed by atoms with Crippen LogP contribution in [0.3, 0.4) is 0 Å². The smallest absolute Gasteiger partial charge is 0.320 e. The van der Waals surface area contributed by atoms with Crippen molar-refractivity contribution in [3.05, 3.63) is 47.4 Å². The van der Waals surface area contributed by atoms with Crippen LogP contribution in [0.5, 0.6) is 11.6 Å². The number of pyridine rings is 1. The lowest BCUT2D eigenvalue weighted by Gasteiger charge is -2.06. The zero-order valence-corrected chi connectivity index (χ0v) is 16.3. The number of aliphatic carboxylic acids is 1. The Labute approximate surface area is 175 Å². The molecule has 1 aliphatic heterocycles. The Morgan fingerprint density at radius 2 is 2.10 bits per heavy atom. The van der Waals surface area contributed by atoms with E-state index in [1.54, 1.807) is 24.3 Å². The third-order valence-electron chi connectivity index (χ3n) is 4.26. The fourth-order valence-electron chi connectivity index (χ4n) is 2.84. The quantitative estimate of drug-likeness (QED) is 0.621. The predicted octanol–water partition coefficient (Wildman–Crippen LogP) is 2.73. The molecule has 1 fully saturated rings. The van der Waals surface area contributed by atoms with Gasteiger partial charge in [0.15, 0.2) is 5.82 Å². The maximum absolute atomic E-state index is 13.8. The summed E-state index contributed by atoms with van der Waals surface area (Å²) in [7, 11) is 0. The number of carboxylic acids is 1. The first-order valence-electron chi connectivity index (χ1n) is 8.34. The number of aromatic nitrogens is 5. The fraction of sp³-hybridized carbons (Fsp3) is 0.235. The first-order chi connectivity index (χ1) is 13.5. The summed E-state index contributed by atoms with van der Waals surface area (Å²) in [6.45, 7) is 0.458. The van der Waals surface area contributed by atoms with Crippen LogP contribution >= 0.6 is 24.0 Å². The average Bonchev–Trinajstić information content (AvgIpc) is 3.34. The number of carbonyl (C=O) groups is 1. The number of benzene rings is 1. The van der Waals surface area contributed by atoms with Crippen LogP contribution in [0.15, 0.2) is 36.5 Å². The van der Waals surface area contributed by atoms with Crippen LogP contribution in [-0.2, 0) is 4.79 Å². The molecule has 1 aliphatic rings. The molecule has 1 saturated heterocycles. The molecule has 0 bridgehead atoms. The molecule has 0 radical (unpaired) electrons. The van der Waals surface area contributed by atoms with Crippen molar-refractivity contribution in [1.82, 2.24) is 30.5 Å². The SMILES string of the molecule is Cl.O=C(O)[C@@H]1C[C@H](n2nnc(-c3ccc(Oc4ncc(Cl)cc4F)cc3)n2)CN1. The monoisotopic (exact) mass is 440 g/mol. The molecule has 0 spiro atoms. The summed E-state index contributed by atoms with van der Waals surface area (Å²) in [6.07, 6.45) is 1.68. The lowest BCUT2D eigenvalue weighted by Crippen LogP contribution is -2.29. The van der Waals surface area contributed by atoms with E-state index in [9.17, 15) is 9.18 Å². The second-order valence-corrected chi connectivity index (χ2v) is 6.63. The molecule has 3 aromatic rings. The van der Waals surface area contributed by atoms with Crippen molar-refractivity contribution >= 4 is 30.0 Å². The minimum atomic E-state index is -0.898. The number of halogens is 3. The van der Waals surface area contributed by atoms with Gasteiger partial charge in [-0.15, -0.1) is 22.6 Å². The molecule has 3 heterocycles. The highest BCUT2D eigenvalue weighted by molar-refractivity contribution is 6.30. The van der Waals surface area contributed by atoms with Gasteiger partial charge < -0.3 is 15.2 Å². The molecule has 4 rings (SSSR count). The second-order valence-electron chi connectivity index (χ2n) is 6.19. The van der Waals surface area contributed by atoms with Crippen molar-refractivity contribution < 1.29 is 19.0 Å². The molecule has 29 heavy (non-hydrogen) atoms. The van der Waals surface area contributed by atoms with Crippen LogP contribution < -0.4 is 10.1 Å². The maximum Gasteiger partial charge on any atom is 0.320 e. The van der Waals surface area contributed by atoms with Crippen molar-refractivity contribution in [2.24, 2.45) is 0 Å². The largest absolute Gasteiger partial charge is 0.480 e. The highest BCUT2D eigenvalue weighted by Crippen LogP contribution is 2.26. The van der Waals surface area contributed by atoms with Gasteiger partial charge in [-0.2, -0.15) is 4.80 Å². The van der Waals surface area contributed by atoms with Crippen LogP contribution in [0.4, 0.5) is 4.39 Å². The molecule has 0 aliphatic carbocycles. The molecule has 9 nitrogen and oxygen atoms in total. The Hall–Kier alpha value is -2.82. The Morgan fingerprint density at radius 3 is 2.76 bits per heavy atom. The van der Waals surface area contributed by atoms with Crippen LogP contribution in [0.25, 0.3) is 11.4 Å². The molecule has 1 aromatic carbocycles. The van der Waals surface area contributed by atoms with Crippen molar-refractivity contribution in [1.29, 1.82) is 0 Å². The van der Waals surface area contributed by atoms with Gasteiger partial charge in [0.25, 0.3) is 5.88 Å². The summed E-state index contributed by atoms with van der Waals surface area (Å²) in [4.78, 5) is 16.3. The minimum absolute atomic E-state index is 0. The van der Waals surface area contributed by atoms with Gasteiger partial charge >= 0.3 is 5.97 Å². The third kappa shape index (κ3) is 4.61. The van der Waals surface area contributed by atoms with E-state index < -0.39 is 17.8 Å². The maximum atomic E-state index is 13.8. The van der Waals surface area contributed by atoms with E-state index in [1.807, 2.05) is 0 Å². The van der Waals surface area contributed by atoms with E-state index in [4.69, 9.17) is 21.4 Å². The van der Waals surface area contributed by atoms with Crippen molar-refractivity contribution in [3.63, 3.8) is 0 Å². The Bertz CT molecular complexity index is 1020. The minimum Gasteiger partial charge on any atom is -0.480 e. The summed E-state index contributed by atoms with van der Waals surface area (Å²) in [5, 5.41) is 24.5. The number of nitrogens with zero attached hydrogens (tertiary/aromatic N) is 5. The van der Waals surface area contributed by atoms with Crippen molar-refractivity contribution in [3.8, 4) is 23.0 Å². The van der Waals surface area contributed by atoms with Crippen LogP contribution in [0.2, 0.25) is 5.02 Å². The van der Waals surface area contributed by atoms with Crippen molar-refractivity contribution in [2.45, 2.75) is 18.5 Å². The number of ether oxygens (including phenoxy) is 1. The van der Waals surface area contributed by atoms with E-state index in [1.165, 1.54) is 11.0 Å². The number of nitrogens with one attached hydrogen (secondary N) is 1. The molecular formula is C17H15Cl2FN6O3. The topological polar surface area (TPSA) is 115 Å². The summed E-state index contributed by atoms with van der Waals surface area (Å²) in [5.74, 6) is -0.964. The zero-order valence-electron chi connectivity index (χ0n) is 14.7. The highest BCUT2D eigenvalue weighted by atomic mass is 35.5. The second kappa shape index (κ2) is 8.68. The summed E-state index contributed by atoms with van der Waals surface area (Å²) in [5.41, 5.74) is 0.684. The van der Waals surface area contributed by atoms with Crippen LogP contribution in [0.1, 0.15) is 12.5 Å². The highest BCUT2D eigenvalue weighted by Gasteiger charge is 2.31. The average molecular weight is 441 g/mol. The molecule has 0 saturated carbocycles. The zero-order chi connectivity index (χ0) is 19.7. The molecule has 2 N–H and O–H groups in total. The number of carboxylic acid groups (broad SMARTS) is 1. The molecular weight excluding hydrogens is 426 g/mol. The predicted molar refractivity (Wildman–Crippen MR) is 103 cm³/mol. The Morgan fingerprint density at radius 1 is 1.34 bits per heavy atom. The number of tetrazole rings is 1. The Balaban J connectivity index is 0.00000240. The molecule has 152 valence electrons. The van der Waals surface area contributed by atoms with E-state index in [2.05, 4.69) is 25.7 Å². The molecule has 0 amide bonds. The summed E-state index contributed by atoms with van der Waals surface area (Å²) >= 11 is 5.67. The lowest BCUT2D eigenvalue weighted by molar-refractivity contribution is -0.139. The number of hydrogen-bond acceptors (Lipinski definition) is 7. The number of rotatable bonds is 5. The van der Waals surface area contributed by atoms with E-state index in [0.29, 0.717) is 30.1 Å². The standard InChI is InChI=1S/C17H14ClFN6O3.ClH/c18-10-5-13(19)16(21-7-10)28-12-3-1-9(2-4-12)15-22-24-25(23-15)11-6-14(17(26)27)20-8-11;/h1-5,7,11,14,20H,6,8H2,(H,26,27);1H/t11-,14-;/m0./s1. The van der Waals surface area contributed by atoms with Gasteiger partial charge in [-0.05, 0) is 42.0 Å². The van der Waals surface area contributed by atoms with Gasteiger partial charge in [0.05, 0.1) is 11.1 Å². The van der Waals surface area contributed by atoms with Gasteiger partial charge in [0, 0.05) is 18.3 Å². The van der Waals surface area contributed by atoms with E-state index in [0.717, 1.165) is 6.07 Å². The summed E-state index contributed by atoms with van der Waals surface area (Å²) < 4.78 is 19.2. The molecule has 0 unspecified atom stereocenters. The molecule has 2 aromatic heterocycles. The van der Waals surface area contributed by atoms with Crippen molar-refractivity contribution in [2.75, 3.05) is 6.54 Å². The van der Waals surface area contributed by atoms with E-state index in [-0.39, 0.29) is 29.4 Å². The van der Waals surface area contributed by atoms with Gasteiger partial charge in [-0.25, -0.2) is 9.37 Å². The Kier molecular flexibility index (Phi) is 6.26. The normalized spacial score (nSPS) is 18.3. The van der Waals surface area contributed by atoms with Gasteiger partial charge in [-0.1, -0.05) is 11.6 Å². The number of hydrogen-bond donors (Lipinski definition) is 2. The lowest BCUT2D eigenvalue weighted by atomic mass is 10.2.